The lowest BCUT2D eigenvalue weighted by Gasteiger charge is -2.10. The third-order valence-electron chi connectivity index (χ3n) is 5.13. The van der Waals surface area contributed by atoms with Gasteiger partial charge in [0.05, 0.1) is 22.9 Å². The van der Waals surface area contributed by atoms with Crippen molar-refractivity contribution < 1.29 is 32.0 Å². The summed E-state index contributed by atoms with van der Waals surface area (Å²) in [6, 6.07) is 15.3. The number of ether oxygens (including phenoxy) is 1. The molecule has 0 saturated heterocycles. The van der Waals surface area contributed by atoms with Gasteiger partial charge < -0.3 is 14.5 Å². The highest BCUT2D eigenvalue weighted by atomic mass is 127. The number of nitrogens with one attached hydrogen (secondary N) is 1. The summed E-state index contributed by atoms with van der Waals surface area (Å²) in [7, 11) is 0. The fourth-order valence-corrected chi connectivity index (χ4v) is 3.85. The van der Waals surface area contributed by atoms with Crippen LogP contribution in [-0.2, 0) is 6.18 Å². The van der Waals surface area contributed by atoms with Gasteiger partial charge in [-0.1, -0.05) is 0 Å². The van der Waals surface area contributed by atoms with Gasteiger partial charge in [0.15, 0.2) is 22.8 Å². The highest BCUT2D eigenvalue weighted by Gasteiger charge is 2.36. The molecule has 1 amide bonds. The number of hydrogen-bond donors (Lipinski definition) is 1. The zero-order valence-electron chi connectivity index (χ0n) is 18.8. The molecule has 10 nitrogen and oxygen atoms in total. The van der Waals surface area contributed by atoms with E-state index >= 15 is 0 Å². The minimum absolute atomic E-state index is 0.0259. The molecule has 0 aliphatic carbocycles. The molecule has 1 N–H and O–H groups in total. The lowest BCUT2D eigenvalue weighted by Crippen LogP contribution is -2.15. The van der Waals surface area contributed by atoms with Crippen molar-refractivity contribution in [1.82, 2.24) is 14.6 Å². The van der Waals surface area contributed by atoms with Crippen LogP contribution in [0.2, 0.25) is 0 Å². The Hall–Kier alpha value is -4.47. The Kier molecular flexibility index (Phi) is 6.48. The van der Waals surface area contributed by atoms with Crippen LogP contribution in [0, 0.1) is 13.7 Å². The minimum Gasteiger partial charge on any atom is -0.463 e. The number of aromatic nitrogens is 3. The summed E-state index contributed by atoms with van der Waals surface area (Å²) in [4.78, 5) is 27.8. The highest BCUT2D eigenvalue weighted by Crippen LogP contribution is 2.33. The zero-order valence-corrected chi connectivity index (χ0v) is 20.9. The molecule has 0 radical (unpaired) electrons. The average molecular weight is 635 g/mol. The molecule has 3 aromatic heterocycles. The van der Waals surface area contributed by atoms with Crippen molar-refractivity contribution in [2.24, 2.45) is 0 Å². The number of nitro benzene ring substituents is 1. The third kappa shape index (κ3) is 5.29. The fraction of sp³-hybridized carbons (Fsp3) is 0.0417. The molecule has 0 fully saturated rings. The van der Waals surface area contributed by atoms with Crippen molar-refractivity contribution in [1.29, 1.82) is 0 Å². The number of amides is 1. The number of alkyl halides is 3. The highest BCUT2D eigenvalue weighted by molar-refractivity contribution is 14.1. The Morgan fingerprint density at radius 1 is 1.08 bits per heavy atom. The molecule has 0 aliphatic rings. The van der Waals surface area contributed by atoms with E-state index in [1.807, 2.05) is 0 Å². The standard InChI is InChI=1S/C24H13F3IN5O5/c25-24(26,27)21-11-18(20-2-1-7-37-20)30-22-12-19(31-32(21)22)23(34)29-14-8-15(33(35)36)10-17(9-14)38-16-5-3-13(28)4-6-16/h1-12H,(H,29,34). The van der Waals surface area contributed by atoms with Crippen LogP contribution in [0.25, 0.3) is 17.1 Å². The van der Waals surface area contributed by atoms with Crippen LogP contribution in [-0.4, -0.2) is 25.4 Å². The smallest absolute Gasteiger partial charge is 0.433 e. The fourth-order valence-electron chi connectivity index (χ4n) is 3.49. The molecular formula is C24H13F3IN5O5. The lowest BCUT2D eigenvalue weighted by atomic mass is 10.2. The van der Waals surface area contributed by atoms with Crippen LogP contribution in [0.5, 0.6) is 11.5 Å². The molecular weight excluding hydrogens is 622 g/mol. The van der Waals surface area contributed by atoms with Gasteiger partial charge in [-0.05, 0) is 65.1 Å². The summed E-state index contributed by atoms with van der Waals surface area (Å²) in [5.41, 5.74) is -2.32. The van der Waals surface area contributed by atoms with E-state index in [1.165, 1.54) is 30.5 Å². The van der Waals surface area contributed by atoms with Gasteiger partial charge in [-0.15, -0.1) is 0 Å². The van der Waals surface area contributed by atoms with E-state index in [-0.39, 0.29) is 34.2 Å². The Labute approximate surface area is 224 Å². The number of halogens is 4. The van der Waals surface area contributed by atoms with Crippen molar-refractivity contribution in [3.8, 4) is 23.0 Å². The van der Waals surface area contributed by atoms with Crippen molar-refractivity contribution >= 4 is 45.5 Å². The number of nitrogens with zero attached hydrogens (tertiary/aromatic N) is 4. The van der Waals surface area contributed by atoms with Gasteiger partial charge in [-0.3, -0.25) is 14.9 Å². The van der Waals surface area contributed by atoms with Crippen LogP contribution in [0.3, 0.4) is 0 Å². The van der Waals surface area contributed by atoms with Gasteiger partial charge >= 0.3 is 6.18 Å². The maximum atomic E-state index is 13.8. The van der Waals surface area contributed by atoms with Gasteiger partial charge in [0.2, 0.25) is 0 Å². The topological polar surface area (TPSA) is 125 Å². The van der Waals surface area contributed by atoms with E-state index in [1.54, 1.807) is 24.3 Å². The van der Waals surface area contributed by atoms with E-state index in [4.69, 9.17) is 9.15 Å². The Bertz CT molecular complexity index is 1670. The molecule has 5 rings (SSSR count). The maximum absolute atomic E-state index is 13.8. The second-order valence-corrected chi connectivity index (χ2v) is 9.03. The van der Waals surface area contributed by atoms with Gasteiger partial charge in [-0.2, -0.15) is 18.3 Å². The zero-order chi connectivity index (χ0) is 27.0. The van der Waals surface area contributed by atoms with Crippen molar-refractivity contribution in [3.63, 3.8) is 0 Å². The molecule has 0 spiro atoms. The van der Waals surface area contributed by atoms with Gasteiger partial charge in [0, 0.05) is 21.8 Å². The number of anilines is 1. The third-order valence-corrected chi connectivity index (χ3v) is 5.85. The molecule has 3 heterocycles. The Morgan fingerprint density at radius 2 is 1.84 bits per heavy atom. The van der Waals surface area contributed by atoms with Crippen molar-refractivity contribution in [2.75, 3.05) is 5.32 Å². The molecule has 0 aliphatic heterocycles. The number of fused-ring (bicyclic) bond motifs is 1. The molecule has 0 atom stereocenters. The lowest BCUT2D eigenvalue weighted by molar-refractivity contribution is -0.384. The molecule has 0 saturated carbocycles. The van der Waals surface area contributed by atoms with Crippen LogP contribution in [0.15, 0.2) is 77.4 Å². The van der Waals surface area contributed by atoms with Crippen LogP contribution in [0.4, 0.5) is 24.5 Å². The van der Waals surface area contributed by atoms with Crippen molar-refractivity contribution in [3.05, 3.63) is 98.1 Å². The minimum atomic E-state index is -4.82. The van der Waals surface area contributed by atoms with E-state index in [2.05, 4.69) is 38.0 Å². The second kappa shape index (κ2) is 9.77. The first-order valence-corrected chi connectivity index (χ1v) is 11.7. The first-order valence-electron chi connectivity index (χ1n) is 10.6. The summed E-state index contributed by atoms with van der Waals surface area (Å²) >= 11 is 2.11. The summed E-state index contributed by atoms with van der Waals surface area (Å²) in [5, 5.41) is 17.6. The molecule has 0 bridgehead atoms. The first-order chi connectivity index (χ1) is 18.1. The number of furan rings is 1. The summed E-state index contributed by atoms with van der Waals surface area (Å²) in [6.07, 6.45) is -3.52. The van der Waals surface area contributed by atoms with E-state index in [0.29, 0.717) is 10.3 Å². The van der Waals surface area contributed by atoms with E-state index < -0.39 is 28.4 Å². The second-order valence-electron chi connectivity index (χ2n) is 7.78. The Morgan fingerprint density at radius 3 is 2.50 bits per heavy atom. The quantitative estimate of drug-likeness (QED) is 0.127. The number of nitro groups is 1. The maximum Gasteiger partial charge on any atom is 0.433 e. The van der Waals surface area contributed by atoms with Gasteiger partial charge in [0.25, 0.3) is 11.6 Å². The number of carbonyl (C=O) groups excluding carboxylic acids is 1. The predicted octanol–water partition coefficient (Wildman–Crippen LogP) is 6.57. The molecule has 38 heavy (non-hydrogen) atoms. The number of rotatable bonds is 6. The Balaban J connectivity index is 1.48. The predicted molar refractivity (Wildman–Crippen MR) is 136 cm³/mol. The first kappa shape index (κ1) is 25.2. The normalized spacial score (nSPS) is 11.5. The van der Waals surface area contributed by atoms with Crippen LogP contribution >= 0.6 is 22.6 Å². The SMILES string of the molecule is O=C(Nc1cc(Oc2ccc(I)cc2)cc([N+](=O)[O-])c1)c1cc2nc(-c3ccco3)cc(C(F)(F)F)n2n1. The number of benzene rings is 2. The van der Waals surface area contributed by atoms with Gasteiger partial charge in [-0.25, -0.2) is 9.50 Å². The van der Waals surface area contributed by atoms with Crippen molar-refractivity contribution in [2.45, 2.75) is 6.18 Å². The summed E-state index contributed by atoms with van der Waals surface area (Å²) < 4.78 is 53.6. The van der Waals surface area contributed by atoms with E-state index in [0.717, 1.165) is 21.8 Å². The number of hydrogen-bond acceptors (Lipinski definition) is 7. The molecule has 2 aromatic carbocycles. The molecule has 192 valence electrons. The summed E-state index contributed by atoms with van der Waals surface area (Å²) in [6.45, 7) is 0. The molecule has 0 unspecified atom stereocenters. The van der Waals surface area contributed by atoms with E-state index in [9.17, 15) is 28.1 Å². The van der Waals surface area contributed by atoms with Crippen LogP contribution < -0.4 is 10.1 Å². The largest absolute Gasteiger partial charge is 0.463 e. The molecule has 5 aromatic rings. The number of carbonyl (C=O) groups is 1. The molecule has 14 heteroatoms. The van der Waals surface area contributed by atoms with Crippen LogP contribution in [0.1, 0.15) is 16.2 Å². The average Bonchev–Trinajstić information content (AvgIpc) is 3.54. The summed E-state index contributed by atoms with van der Waals surface area (Å²) in [5.74, 6) is -0.345. The number of non-ortho nitro benzene ring substituents is 1. The van der Waals surface area contributed by atoms with Gasteiger partial charge in [0.1, 0.15) is 17.2 Å². The monoisotopic (exact) mass is 635 g/mol.